The zero-order valence-corrected chi connectivity index (χ0v) is 14.3. The van der Waals surface area contributed by atoms with E-state index in [0.29, 0.717) is 10.0 Å². The van der Waals surface area contributed by atoms with Gasteiger partial charge in [-0.2, -0.15) is 0 Å². The van der Waals surface area contributed by atoms with Gasteiger partial charge in [0, 0.05) is 4.47 Å². The summed E-state index contributed by atoms with van der Waals surface area (Å²) in [6.07, 6.45) is 0.196. The van der Waals surface area contributed by atoms with Crippen LogP contribution in [0.4, 0.5) is 0 Å². The number of nitrogens with one attached hydrogen (secondary N) is 2. The molecule has 5 heteroatoms. The first kappa shape index (κ1) is 16.2. The Morgan fingerprint density at radius 3 is 2.33 bits per heavy atom. The maximum Gasteiger partial charge on any atom is 0.270 e. The Morgan fingerprint density at radius 1 is 0.833 bits per heavy atom. The number of hydrazine groups is 1. The minimum absolute atomic E-state index is 0.196. The third-order valence-electron chi connectivity index (χ3n) is 3.61. The molecule has 3 aromatic rings. The van der Waals surface area contributed by atoms with Gasteiger partial charge in [0.25, 0.3) is 5.91 Å². The summed E-state index contributed by atoms with van der Waals surface area (Å²) in [6.45, 7) is 0. The smallest absolute Gasteiger partial charge is 0.270 e. The van der Waals surface area contributed by atoms with Crippen LogP contribution >= 0.6 is 15.9 Å². The topological polar surface area (TPSA) is 58.2 Å². The lowest BCUT2D eigenvalue weighted by molar-refractivity contribution is -0.121. The zero-order chi connectivity index (χ0) is 16.9. The largest absolute Gasteiger partial charge is 0.273 e. The number of hydrogen-bond donors (Lipinski definition) is 2. The molecule has 0 radical (unpaired) electrons. The van der Waals surface area contributed by atoms with E-state index in [2.05, 4.69) is 26.8 Å². The molecule has 0 aliphatic carbocycles. The number of fused-ring (bicyclic) bond motifs is 1. The van der Waals surface area contributed by atoms with Crippen LogP contribution in [0.15, 0.2) is 71.2 Å². The molecule has 120 valence electrons. The van der Waals surface area contributed by atoms with E-state index in [4.69, 9.17) is 0 Å². The second-order valence-electron chi connectivity index (χ2n) is 5.34. The van der Waals surface area contributed by atoms with E-state index in [1.807, 2.05) is 48.5 Å². The standard InChI is InChI=1S/C19H15BrN2O2/c20-17-8-4-3-7-16(17)19(24)22-21-18(23)12-13-9-10-14-5-1-2-6-15(14)11-13/h1-11H,12H2,(H,21,23)(H,22,24). The molecule has 2 N–H and O–H groups in total. The van der Waals surface area contributed by atoms with E-state index in [1.165, 1.54) is 0 Å². The van der Waals surface area contributed by atoms with Gasteiger partial charge in [-0.15, -0.1) is 0 Å². The predicted octanol–water partition coefficient (Wildman–Crippen LogP) is 3.61. The van der Waals surface area contributed by atoms with Gasteiger partial charge in [0.2, 0.25) is 5.91 Å². The van der Waals surface area contributed by atoms with Crippen molar-refractivity contribution >= 4 is 38.5 Å². The van der Waals surface area contributed by atoms with Gasteiger partial charge in [-0.1, -0.05) is 54.6 Å². The van der Waals surface area contributed by atoms with Crippen LogP contribution < -0.4 is 10.9 Å². The molecule has 0 spiro atoms. The fourth-order valence-electron chi connectivity index (χ4n) is 2.42. The van der Waals surface area contributed by atoms with Gasteiger partial charge < -0.3 is 0 Å². The van der Waals surface area contributed by atoms with Crippen molar-refractivity contribution in [1.29, 1.82) is 0 Å². The van der Waals surface area contributed by atoms with Crippen molar-refractivity contribution in [2.75, 3.05) is 0 Å². The molecular formula is C19H15BrN2O2. The minimum Gasteiger partial charge on any atom is -0.273 e. The number of carbonyl (C=O) groups is 2. The van der Waals surface area contributed by atoms with Crippen molar-refractivity contribution in [1.82, 2.24) is 10.9 Å². The van der Waals surface area contributed by atoms with Gasteiger partial charge in [-0.05, 0) is 44.4 Å². The number of hydrogen-bond acceptors (Lipinski definition) is 2. The van der Waals surface area contributed by atoms with E-state index in [1.54, 1.807) is 18.2 Å². The maximum absolute atomic E-state index is 12.0. The third-order valence-corrected chi connectivity index (χ3v) is 4.30. The SMILES string of the molecule is O=C(Cc1ccc2ccccc2c1)NNC(=O)c1ccccc1Br. The summed E-state index contributed by atoms with van der Waals surface area (Å²) in [5, 5.41) is 2.21. The van der Waals surface area contributed by atoms with E-state index >= 15 is 0 Å². The third kappa shape index (κ3) is 3.81. The predicted molar refractivity (Wildman–Crippen MR) is 97.4 cm³/mol. The van der Waals surface area contributed by atoms with Crippen molar-refractivity contribution in [3.8, 4) is 0 Å². The van der Waals surface area contributed by atoms with E-state index in [9.17, 15) is 9.59 Å². The summed E-state index contributed by atoms with van der Waals surface area (Å²) in [6, 6.07) is 20.9. The van der Waals surface area contributed by atoms with Gasteiger partial charge in [0.15, 0.2) is 0 Å². The fraction of sp³-hybridized carbons (Fsp3) is 0.0526. The highest BCUT2D eigenvalue weighted by atomic mass is 79.9. The van der Waals surface area contributed by atoms with E-state index in [0.717, 1.165) is 16.3 Å². The van der Waals surface area contributed by atoms with Crippen molar-refractivity contribution in [2.45, 2.75) is 6.42 Å². The number of benzene rings is 3. The van der Waals surface area contributed by atoms with Crippen molar-refractivity contribution < 1.29 is 9.59 Å². The monoisotopic (exact) mass is 382 g/mol. The molecule has 0 heterocycles. The summed E-state index contributed by atoms with van der Waals surface area (Å²) in [4.78, 5) is 24.1. The van der Waals surface area contributed by atoms with Crippen LogP contribution in [0.5, 0.6) is 0 Å². The van der Waals surface area contributed by atoms with Crippen LogP contribution in [0.3, 0.4) is 0 Å². The Kier molecular flexibility index (Phi) is 4.91. The van der Waals surface area contributed by atoms with Crippen LogP contribution in [-0.4, -0.2) is 11.8 Å². The average Bonchev–Trinajstić information content (AvgIpc) is 2.60. The van der Waals surface area contributed by atoms with Crippen molar-refractivity contribution in [3.63, 3.8) is 0 Å². The minimum atomic E-state index is -0.366. The Balaban J connectivity index is 1.61. The summed E-state index contributed by atoms with van der Waals surface area (Å²) in [5.41, 5.74) is 6.23. The molecule has 0 bridgehead atoms. The number of rotatable bonds is 3. The highest BCUT2D eigenvalue weighted by molar-refractivity contribution is 9.10. The van der Waals surface area contributed by atoms with Gasteiger partial charge in [-0.3, -0.25) is 20.4 Å². The Bertz CT molecular complexity index is 909. The van der Waals surface area contributed by atoms with Crippen LogP contribution in [0.25, 0.3) is 10.8 Å². The second-order valence-corrected chi connectivity index (χ2v) is 6.19. The molecule has 0 unspecified atom stereocenters. The first-order valence-electron chi connectivity index (χ1n) is 7.45. The van der Waals surface area contributed by atoms with Crippen LogP contribution in [0.1, 0.15) is 15.9 Å². The molecule has 0 saturated carbocycles. The lowest BCUT2D eigenvalue weighted by atomic mass is 10.1. The number of carbonyl (C=O) groups excluding carboxylic acids is 2. The summed E-state index contributed by atoms with van der Waals surface area (Å²) < 4.78 is 0.672. The lowest BCUT2D eigenvalue weighted by Gasteiger charge is -2.09. The molecule has 0 aliphatic rings. The average molecular weight is 383 g/mol. The van der Waals surface area contributed by atoms with Crippen LogP contribution in [-0.2, 0) is 11.2 Å². The van der Waals surface area contributed by atoms with Crippen molar-refractivity contribution in [2.24, 2.45) is 0 Å². The summed E-state index contributed by atoms with van der Waals surface area (Å²) >= 11 is 3.31. The molecule has 4 nitrogen and oxygen atoms in total. The second kappa shape index (κ2) is 7.27. The zero-order valence-electron chi connectivity index (χ0n) is 12.8. The first-order valence-corrected chi connectivity index (χ1v) is 8.24. The fourth-order valence-corrected chi connectivity index (χ4v) is 2.88. The van der Waals surface area contributed by atoms with Gasteiger partial charge in [0.05, 0.1) is 12.0 Å². The van der Waals surface area contributed by atoms with Crippen molar-refractivity contribution in [3.05, 3.63) is 82.3 Å². The number of amides is 2. The van der Waals surface area contributed by atoms with Gasteiger partial charge >= 0.3 is 0 Å². The Labute approximate surface area is 148 Å². The molecule has 2 amide bonds. The molecule has 0 atom stereocenters. The quantitative estimate of drug-likeness (QED) is 0.679. The summed E-state index contributed by atoms with van der Waals surface area (Å²) in [7, 11) is 0. The molecule has 0 aliphatic heterocycles. The molecule has 3 rings (SSSR count). The lowest BCUT2D eigenvalue weighted by Crippen LogP contribution is -2.42. The maximum atomic E-state index is 12.0. The molecule has 0 aromatic heterocycles. The molecule has 0 fully saturated rings. The summed E-state index contributed by atoms with van der Waals surface area (Å²) in [5.74, 6) is -0.639. The highest BCUT2D eigenvalue weighted by Gasteiger charge is 2.10. The van der Waals surface area contributed by atoms with Gasteiger partial charge in [-0.25, -0.2) is 0 Å². The Morgan fingerprint density at radius 2 is 1.54 bits per heavy atom. The van der Waals surface area contributed by atoms with Gasteiger partial charge in [0.1, 0.15) is 0 Å². The molecule has 24 heavy (non-hydrogen) atoms. The normalized spacial score (nSPS) is 10.4. The van der Waals surface area contributed by atoms with Crippen LogP contribution in [0.2, 0.25) is 0 Å². The number of halogens is 1. The Hall–Kier alpha value is -2.66. The highest BCUT2D eigenvalue weighted by Crippen LogP contribution is 2.16. The van der Waals surface area contributed by atoms with E-state index < -0.39 is 0 Å². The first-order chi connectivity index (χ1) is 11.6. The molecule has 0 saturated heterocycles. The molecule has 3 aromatic carbocycles. The van der Waals surface area contributed by atoms with E-state index in [-0.39, 0.29) is 18.2 Å². The molecular weight excluding hydrogens is 368 g/mol. The van der Waals surface area contributed by atoms with Crippen LogP contribution in [0, 0.1) is 0 Å².